The first-order chi connectivity index (χ1) is 9.04. The van der Waals surface area contributed by atoms with E-state index in [1.807, 2.05) is 40.9 Å². The molecule has 3 nitrogen and oxygen atoms in total. The summed E-state index contributed by atoms with van der Waals surface area (Å²) in [5.74, 6) is 0.274. The van der Waals surface area contributed by atoms with Crippen LogP contribution in [0.25, 0.3) is 0 Å². The molecule has 2 rings (SSSR count). The van der Waals surface area contributed by atoms with E-state index in [2.05, 4.69) is 13.8 Å². The summed E-state index contributed by atoms with van der Waals surface area (Å²) in [5.41, 5.74) is 7.60. The average Bonchev–Trinajstić information content (AvgIpc) is 2.36. The lowest BCUT2D eigenvalue weighted by atomic mass is 10.1. The highest BCUT2D eigenvalue weighted by atomic mass is 32.2. The number of benzene rings is 1. The van der Waals surface area contributed by atoms with Gasteiger partial charge in [-0.1, -0.05) is 26.0 Å². The van der Waals surface area contributed by atoms with Crippen molar-refractivity contribution in [3.05, 3.63) is 29.8 Å². The van der Waals surface area contributed by atoms with Crippen molar-refractivity contribution in [1.82, 2.24) is 4.90 Å². The molecule has 0 aromatic heterocycles. The molecule has 1 amide bonds. The van der Waals surface area contributed by atoms with Gasteiger partial charge in [0.15, 0.2) is 0 Å². The maximum absolute atomic E-state index is 12.2. The lowest BCUT2D eigenvalue weighted by Crippen LogP contribution is -2.44. The summed E-state index contributed by atoms with van der Waals surface area (Å²) in [5, 5.41) is 1.09. The van der Waals surface area contributed by atoms with Gasteiger partial charge in [-0.2, -0.15) is 11.8 Å². The average molecular weight is 278 g/mol. The Morgan fingerprint density at radius 1 is 1.26 bits per heavy atom. The smallest absolute Gasteiger partial charge is 0.222 e. The zero-order chi connectivity index (χ0) is 13.8. The Hall–Kier alpha value is -1.16. The number of rotatable bonds is 3. The number of nitrogens with two attached hydrogens (primary N) is 1. The number of amides is 1. The summed E-state index contributed by atoms with van der Waals surface area (Å²) in [6.45, 7) is 6.16. The highest BCUT2D eigenvalue weighted by Crippen LogP contribution is 2.25. The zero-order valence-electron chi connectivity index (χ0n) is 11.6. The lowest BCUT2D eigenvalue weighted by molar-refractivity contribution is -0.131. The summed E-state index contributed by atoms with van der Waals surface area (Å²) < 4.78 is 0. The molecule has 1 aromatic rings. The predicted molar refractivity (Wildman–Crippen MR) is 82.3 cm³/mol. The molecule has 104 valence electrons. The molecule has 1 fully saturated rings. The Labute approximate surface area is 119 Å². The van der Waals surface area contributed by atoms with Gasteiger partial charge in [-0.05, 0) is 24.1 Å². The van der Waals surface area contributed by atoms with E-state index in [4.69, 9.17) is 5.73 Å². The molecular weight excluding hydrogens is 256 g/mol. The summed E-state index contributed by atoms with van der Waals surface area (Å²) in [6.07, 6.45) is 1.39. The second-order valence-corrected chi connectivity index (χ2v) is 7.18. The van der Waals surface area contributed by atoms with Crippen molar-refractivity contribution in [1.29, 1.82) is 0 Å². The first-order valence-electron chi connectivity index (χ1n) is 6.82. The Balaban J connectivity index is 1.85. The van der Waals surface area contributed by atoms with E-state index in [9.17, 15) is 4.79 Å². The molecular formula is C15H22N2OS. The SMILES string of the molecule is CC1CN(C(=O)CCc2ccc(N)cc2)CC(C)S1. The molecule has 1 aliphatic heterocycles. The number of hydrogen-bond donors (Lipinski definition) is 1. The van der Waals surface area contributed by atoms with E-state index in [1.165, 1.54) is 5.56 Å². The van der Waals surface area contributed by atoms with Crippen LogP contribution in [-0.4, -0.2) is 34.4 Å². The van der Waals surface area contributed by atoms with E-state index in [-0.39, 0.29) is 5.91 Å². The maximum atomic E-state index is 12.2. The second kappa shape index (κ2) is 6.33. The van der Waals surface area contributed by atoms with Crippen LogP contribution in [0.15, 0.2) is 24.3 Å². The quantitative estimate of drug-likeness (QED) is 0.864. The van der Waals surface area contributed by atoms with E-state index in [1.54, 1.807) is 0 Å². The lowest BCUT2D eigenvalue weighted by Gasteiger charge is -2.34. The van der Waals surface area contributed by atoms with Gasteiger partial charge in [-0.3, -0.25) is 4.79 Å². The summed E-state index contributed by atoms with van der Waals surface area (Å²) in [6, 6.07) is 7.78. The van der Waals surface area contributed by atoms with Gasteiger partial charge >= 0.3 is 0 Å². The van der Waals surface area contributed by atoms with E-state index < -0.39 is 0 Å². The Kier molecular flexibility index (Phi) is 4.75. The van der Waals surface area contributed by atoms with Crippen molar-refractivity contribution in [2.45, 2.75) is 37.2 Å². The van der Waals surface area contributed by atoms with Crippen LogP contribution in [0.1, 0.15) is 25.8 Å². The van der Waals surface area contributed by atoms with Crippen molar-refractivity contribution in [2.24, 2.45) is 0 Å². The van der Waals surface area contributed by atoms with Crippen molar-refractivity contribution < 1.29 is 4.79 Å². The minimum atomic E-state index is 0.274. The van der Waals surface area contributed by atoms with Crippen LogP contribution < -0.4 is 5.73 Å². The predicted octanol–water partition coefficient (Wildman–Crippen LogP) is 2.55. The third-order valence-electron chi connectivity index (χ3n) is 3.38. The summed E-state index contributed by atoms with van der Waals surface area (Å²) >= 11 is 1.97. The van der Waals surface area contributed by atoms with Gasteiger partial charge in [-0.15, -0.1) is 0 Å². The van der Waals surface area contributed by atoms with E-state index in [0.717, 1.165) is 25.2 Å². The van der Waals surface area contributed by atoms with Gasteiger partial charge in [0.05, 0.1) is 0 Å². The molecule has 1 heterocycles. The molecule has 2 atom stereocenters. The number of anilines is 1. The summed E-state index contributed by atoms with van der Waals surface area (Å²) in [7, 11) is 0. The van der Waals surface area contributed by atoms with E-state index in [0.29, 0.717) is 16.9 Å². The highest BCUT2D eigenvalue weighted by molar-refractivity contribution is 8.00. The van der Waals surface area contributed by atoms with Gasteiger partial charge < -0.3 is 10.6 Å². The van der Waals surface area contributed by atoms with Gasteiger partial charge in [-0.25, -0.2) is 0 Å². The first-order valence-corrected chi connectivity index (χ1v) is 7.76. The van der Waals surface area contributed by atoms with Gasteiger partial charge in [0, 0.05) is 35.7 Å². The number of nitrogens with zero attached hydrogens (tertiary/aromatic N) is 1. The molecule has 4 heteroatoms. The molecule has 0 aliphatic carbocycles. The Morgan fingerprint density at radius 2 is 1.84 bits per heavy atom. The zero-order valence-corrected chi connectivity index (χ0v) is 12.5. The fourth-order valence-corrected chi connectivity index (χ4v) is 3.80. The summed E-state index contributed by atoms with van der Waals surface area (Å²) in [4.78, 5) is 14.2. The van der Waals surface area contributed by atoms with Crippen LogP contribution in [0.4, 0.5) is 5.69 Å². The van der Waals surface area contributed by atoms with Gasteiger partial charge in [0.2, 0.25) is 5.91 Å². The number of carbonyl (C=O) groups excluding carboxylic acids is 1. The highest BCUT2D eigenvalue weighted by Gasteiger charge is 2.25. The molecule has 0 saturated carbocycles. The van der Waals surface area contributed by atoms with Crippen molar-refractivity contribution in [2.75, 3.05) is 18.8 Å². The number of thioether (sulfide) groups is 1. The molecule has 1 aliphatic rings. The minimum absolute atomic E-state index is 0.274. The van der Waals surface area contributed by atoms with E-state index >= 15 is 0 Å². The molecule has 0 bridgehead atoms. The standard InChI is InChI=1S/C15H22N2OS/c1-11-9-17(10-12(2)19-11)15(18)8-5-13-3-6-14(16)7-4-13/h3-4,6-7,11-12H,5,8-10,16H2,1-2H3. The molecule has 0 spiro atoms. The van der Waals surface area contributed by atoms with Crippen LogP contribution in [0.5, 0.6) is 0 Å². The largest absolute Gasteiger partial charge is 0.399 e. The molecule has 19 heavy (non-hydrogen) atoms. The van der Waals surface area contributed by atoms with Crippen LogP contribution in [0, 0.1) is 0 Å². The first kappa shape index (κ1) is 14.3. The Bertz CT molecular complexity index is 422. The molecule has 1 saturated heterocycles. The maximum Gasteiger partial charge on any atom is 0.222 e. The number of aryl methyl sites for hydroxylation is 1. The molecule has 2 unspecified atom stereocenters. The molecule has 2 N–H and O–H groups in total. The van der Waals surface area contributed by atoms with Crippen molar-refractivity contribution in [3.63, 3.8) is 0 Å². The van der Waals surface area contributed by atoms with Crippen LogP contribution >= 0.6 is 11.8 Å². The third-order valence-corrected chi connectivity index (χ3v) is 4.61. The monoisotopic (exact) mass is 278 g/mol. The minimum Gasteiger partial charge on any atom is -0.399 e. The fourth-order valence-electron chi connectivity index (χ4n) is 2.48. The van der Waals surface area contributed by atoms with Gasteiger partial charge in [0.25, 0.3) is 0 Å². The number of hydrogen-bond acceptors (Lipinski definition) is 3. The number of nitrogen functional groups attached to an aromatic ring is 1. The van der Waals surface area contributed by atoms with Crippen LogP contribution in [-0.2, 0) is 11.2 Å². The topological polar surface area (TPSA) is 46.3 Å². The Morgan fingerprint density at radius 3 is 2.42 bits per heavy atom. The second-order valence-electron chi connectivity index (χ2n) is 5.30. The normalized spacial score (nSPS) is 23.4. The molecule has 1 aromatic carbocycles. The number of carbonyl (C=O) groups is 1. The van der Waals surface area contributed by atoms with Crippen molar-refractivity contribution in [3.8, 4) is 0 Å². The third kappa shape index (κ3) is 4.16. The van der Waals surface area contributed by atoms with Crippen molar-refractivity contribution >= 4 is 23.4 Å². The molecule has 0 radical (unpaired) electrons. The van der Waals surface area contributed by atoms with Crippen LogP contribution in [0.3, 0.4) is 0 Å². The van der Waals surface area contributed by atoms with Gasteiger partial charge in [0.1, 0.15) is 0 Å². The fraction of sp³-hybridized carbons (Fsp3) is 0.533. The van der Waals surface area contributed by atoms with Crippen LogP contribution in [0.2, 0.25) is 0 Å².